The maximum absolute atomic E-state index is 5.86. The minimum absolute atomic E-state index is 0.0775. The first-order valence-electron chi connectivity index (χ1n) is 6.28. The molecular weight excluding hydrogens is 234 g/mol. The number of nitrogens with zero attached hydrogens (tertiary/aromatic N) is 2. The van der Waals surface area contributed by atoms with Crippen molar-refractivity contribution in [1.82, 2.24) is 4.98 Å². The number of ether oxygens (including phenoxy) is 1. The summed E-state index contributed by atoms with van der Waals surface area (Å²) in [6, 6.07) is 0.0775. The molecule has 0 radical (unpaired) electrons. The van der Waals surface area contributed by atoms with Gasteiger partial charge < -0.3 is 15.4 Å². The van der Waals surface area contributed by atoms with Crippen LogP contribution in [0.2, 0.25) is 0 Å². The van der Waals surface area contributed by atoms with Crippen LogP contribution in [0.25, 0.3) is 0 Å². The van der Waals surface area contributed by atoms with Gasteiger partial charge in [0.2, 0.25) is 0 Å². The molecule has 1 aromatic rings. The SMILES string of the molecule is CCOC1CCCN(c2ncc(C(C)N)s2)C1. The number of rotatable bonds is 4. The molecule has 2 heterocycles. The van der Waals surface area contributed by atoms with Crippen molar-refractivity contribution in [3.05, 3.63) is 11.1 Å². The normalized spacial score (nSPS) is 22.8. The molecule has 2 atom stereocenters. The number of anilines is 1. The van der Waals surface area contributed by atoms with E-state index in [1.807, 2.05) is 13.1 Å². The minimum atomic E-state index is 0.0775. The highest BCUT2D eigenvalue weighted by atomic mass is 32.1. The predicted octanol–water partition coefficient (Wildman–Crippen LogP) is 2.17. The molecule has 5 heteroatoms. The van der Waals surface area contributed by atoms with Gasteiger partial charge in [0.15, 0.2) is 5.13 Å². The van der Waals surface area contributed by atoms with Crippen LogP contribution in [-0.2, 0) is 4.74 Å². The lowest BCUT2D eigenvalue weighted by Gasteiger charge is -2.32. The fourth-order valence-corrected chi connectivity index (χ4v) is 3.02. The quantitative estimate of drug-likeness (QED) is 0.896. The maximum Gasteiger partial charge on any atom is 0.185 e. The molecule has 1 fully saturated rings. The molecule has 0 amide bonds. The zero-order valence-electron chi connectivity index (χ0n) is 10.6. The minimum Gasteiger partial charge on any atom is -0.377 e. The van der Waals surface area contributed by atoms with Crippen LogP contribution in [0.15, 0.2) is 6.20 Å². The molecular formula is C12H21N3OS. The molecule has 17 heavy (non-hydrogen) atoms. The van der Waals surface area contributed by atoms with Crippen molar-refractivity contribution >= 4 is 16.5 Å². The molecule has 0 aliphatic carbocycles. The fourth-order valence-electron chi connectivity index (χ4n) is 2.12. The van der Waals surface area contributed by atoms with Gasteiger partial charge in [-0.3, -0.25) is 0 Å². The Morgan fingerprint density at radius 2 is 2.53 bits per heavy atom. The third kappa shape index (κ3) is 3.18. The topological polar surface area (TPSA) is 51.4 Å². The Labute approximate surface area is 107 Å². The van der Waals surface area contributed by atoms with Crippen molar-refractivity contribution in [3.8, 4) is 0 Å². The number of piperidine rings is 1. The van der Waals surface area contributed by atoms with E-state index in [2.05, 4.69) is 16.8 Å². The van der Waals surface area contributed by atoms with E-state index in [1.54, 1.807) is 11.3 Å². The second-order valence-electron chi connectivity index (χ2n) is 4.50. The number of hydrogen-bond acceptors (Lipinski definition) is 5. The first kappa shape index (κ1) is 12.8. The molecule has 1 aliphatic heterocycles. The van der Waals surface area contributed by atoms with Crippen LogP contribution in [-0.4, -0.2) is 30.8 Å². The van der Waals surface area contributed by atoms with E-state index < -0.39 is 0 Å². The predicted molar refractivity (Wildman–Crippen MR) is 71.6 cm³/mol. The van der Waals surface area contributed by atoms with Gasteiger partial charge in [0.05, 0.1) is 6.10 Å². The van der Waals surface area contributed by atoms with Crippen molar-refractivity contribution in [2.24, 2.45) is 5.73 Å². The second-order valence-corrected chi connectivity index (χ2v) is 5.54. The fraction of sp³-hybridized carbons (Fsp3) is 0.750. The van der Waals surface area contributed by atoms with E-state index in [0.29, 0.717) is 6.10 Å². The van der Waals surface area contributed by atoms with Crippen LogP contribution in [0, 0.1) is 0 Å². The van der Waals surface area contributed by atoms with Gasteiger partial charge in [-0.15, -0.1) is 11.3 Å². The lowest BCUT2D eigenvalue weighted by molar-refractivity contribution is 0.0526. The van der Waals surface area contributed by atoms with Gasteiger partial charge in [-0.1, -0.05) is 0 Å². The van der Waals surface area contributed by atoms with E-state index in [-0.39, 0.29) is 6.04 Å². The summed E-state index contributed by atoms with van der Waals surface area (Å²) in [5.74, 6) is 0. The number of aromatic nitrogens is 1. The van der Waals surface area contributed by atoms with E-state index in [0.717, 1.165) is 36.1 Å². The molecule has 0 saturated carbocycles. The Morgan fingerprint density at radius 1 is 1.71 bits per heavy atom. The van der Waals surface area contributed by atoms with Gasteiger partial charge >= 0.3 is 0 Å². The van der Waals surface area contributed by atoms with Crippen molar-refractivity contribution < 1.29 is 4.74 Å². The average molecular weight is 255 g/mol. The van der Waals surface area contributed by atoms with E-state index in [1.165, 1.54) is 6.42 Å². The van der Waals surface area contributed by atoms with Gasteiger partial charge in [-0.25, -0.2) is 4.98 Å². The Bertz CT molecular complexity index is 351. The molecule has 4 nitrogen and oxygen atoms in total. The Balaban J connectivity index is 2.00. The van der Waals surface area contributed by atoms with Crippen LogP contribution >= 0.6 is 11.3 Å². The Hall–Kier alpha value is -0.650. The maximum atomic E-state index is 5.86. The first-order chi connectivity index (χ1) is 8.20. The Morgan fingerprint density at radius 3 is 3.18 bits per heavy atom. The molecule has 2 N–H and O–H groups in total. The van der Waals surface area contributed by atoms with Gasteiger partial charge in [-0.05, 0) is 26.7 Å². The third-order valence-electron chi connectivity index (χ3n) is 3.01. The van der Waals surface area contributed by atoms with Crippen molar-refractivity contribution in [1.29, 1.82) is 0 Å². The smallest absolute Gasteiger partial charge is 0.185 e. The molecule has 2 rings (SSSR count). The molecule has 0 aromatic carbocycles. The van der Waals surface area contributed by atoms with Crippen molar-refractivity contribution in [2.75, 3.05) is 24.6 Å². The lowest BCUT2D eigenvalue weighted by atomic mass is 10.1. The first-order valence-corrected chi connectivity index (χ1v) is 7.10. The zero-order valence-corrected chi connectivity index (χ0v) is 11.4. The summed E-state index contributed by atoms with van der Waals surface area (Å²) in [4.78, 5) is 7.94. The van der Waals surface area contributed by atoms with Crippen LogP contribution in [0.4, 0.5) is 5.13 Å². The molecule has 0 bridgehead atoms. The number of thiazole rings is 1. The van der Waals surface area contributed by atoms with Crippen molar-refractivity contribution in [2.45, 2.75) is 38.8 Å². The zero-order chi connectivity index (χ0) is 12.3. The van der Waals surface area contributed by atoms with Crippen LogP contribution in [0.1, 0.15) is 37.6 Å². The molecule has 96 valence electrons. The van der Waals surface area contributed by atoms with E-state index >= 15 is 0 Å². The van der Waals surface area contributed by atoms with Crippen LogP contribution in [0.5, 0.6) is 0 Å². The molecule has 2 unspecified atom stereocenters. The van der Waals surface area contributed by atoms with Gasteiger partial charge in [-0.2, -0.15) is 0 Å². The second kappa shape index (κ2) is 5.80. The van der Waals surface area contributed by atoms with E-state index in [9.17, 15) is 0 Å². The summed E-state index contributed by atoms with van der Waals surface area (Å²) >= 11 is 1.70. The molecule has 1 aromatic heterocycles. The lowest BCUT2D eigenvalue weighted by Crippen LogP contribution is -2.39. The number of nitrogens with two attached hydrogens (primary N) is 1. The summed E-state index contributed by atoms with van der Waals surface area (Å²) in [7, 11) is 0. The third-order valence-corrected chi connectivity index (χ3v) is 4.27. The van der Waals surface area contributed by atoms with Crippen LogP contribution < -0.4 is 10.6 Å². The summed E-state index contributed by atoms with van der Waals surface area (Å²) in [6.45, 7) is 6.88. The Kier molecular flexibility index (Phi) is 4.36. The summed E-state index contributed by atoms with van der Waals surface area (Å²) in [6.07, 6.45) is 4.60. The highest BCUT2D eigenvalue weighted by Gasteiger charge is 2.22. The van der Waals surface area contributed by atoms with Gasteiger partial charge in [0, 0.05) is 36.8 Å². The summed E-state index contributed by atoms with van der Waals surface area (Å²) < 4.78 is 5.70. The summed E-state index contributed by atoms with van der Waals surface area (Å²) in [5.41, 5.74) is 5.86. The average Bonchev–Trinajstić information content (AvgIpc) is 2.79. The number of hydrogen-bond donors (Lipinski definition) is 1. The van der Waals surface area contributed by atoms with Crippen molar-refractivity contribution in [3.63, 3.8) is 0 Å². The van der Waals surface area contributed by atoms with Crippen LogP contribution in [0.3, 0.4) is 0 Å². The van der Waals surface area contributed by atoms with Gasteiger partial charge in [0.25, 0.3) is 0 Å². The standard InChI is InChI=1S/C12H21N3OS/c1-3-16-10-5-4-6-15(8-10)12-14-7-11(17-12)9(2)13/h7,9-10H,3-6,8,13H2,1-2H3. The monoisotopic (exact) mass is 255 g/mol. The molecule has 1 aliphatic rings. The highest BCUT2D eigenvalue weighted by molar-refractivity contribution is 7.15. The molecule has 1 saturated heterocycles. The van der Waals surface area contributed by atoms with E-state index in [4.69, 9.17) is 10.5 Å². The van der Waals surface area contributed by atoms with Gasteiger partial charge in [0.1, 0.15) is 0 Å². The largest absolute Gasteiger partial charge is 0.377 e. The summed E-state index contributed by atoms with van der Waals surface area (Å²) in [5, 5.41) is 1.08. The molecule has 0 spiro atoms. The highest BCUT2D eigenvalue weighted by Crippen LogP contribution is 2.28.